The van der Waals surface area contributed by atoms with Crippen molar-refractivity contribution < 1.29 is 23.8 Å². The molecule has 1 amide bonds. The van der Waals surface area contributed by atoms with Gasteiger partial charge >= 0.3 is 0 Å². The van der Waals surface area contributed by atoms with Gasteiger partial charge in [-0.15, -0.1) is 0 Å². The number of aliphatic hydroxyl groups excluding tert-OH is 1. The molecule has 1 heterocycles. The Labute approximate surface area is 157 Å². The molecule has 0 aromatic heterocycles. The van der Waals surface area contributed by atoms with Gasteiger partial charge in [0.05, 0.1) is 18.8 Å². The molecule has 0 unspecified atom stereocenters. The topological polar surface area (TPSA) is 67.8 Å². The van der Waals surface area contributed by atoms with Gasteiger partial charge in [-0.1, -0.05) is 6.07 Å². The van der Waals surface area contributed by atoms with E-state index in [2.05, 4.69) is 11.4 Å². The number of ether oxygens (including phenoxy) is 2. The summed E-state index contributed by atoms with van der Waals surface area (Å²) in [6, 6.07) is 11.4. The van der Waals surface area contributed by atoms with Crippen molar-refractivity contribution in [3.63, 3.8) is 0 Å². The molecule has 142 valence electrons. The smallest absolute Gasteiger partial charge is 0.258 e. The maximum absolute atomic E-state index is 12.9. The molecule has 0 saturated heterocycles. The van der Waals surface area contributed by atoms with Crippen LogP contribution in [0.25, 0.3) is 0 Å². The van der Waals surface area contributed by atoms with E-state index in [0.717, 1.165) is 23.3 Å². The van der Waals surface area contributed by atoms with Crippen LogP contribution in [0.4, 0.5) is 4.39 Å². The zero-order chi connectivity index (χ0) is 18.8. The minimum atomic E-state index is -0.351. The second kappa shape index (κ2) is 7.56. The Morgan fingerprint density at radius 3 is 2.78 bits per heavy atom. The summed E-state index contributed by atoms with van der Waals surface area (Å²) in [7, 11) is 0. The summed E-state index contributed by atoms with van der Waals surface area (Å²) in [6.07, 6.45) is 1.89. The maximum atomic E-state index is 12.9. The Bertz CT molecular complexity index is 817. The van der Waals surface area contributed by atoms with Crippen LogP contribution < -0.4 is 14.8 Å². The van der Waals surface area contributed by atoms with E-state index < -0.39 is 0 Å². The molecule has 2 aromatic rings. The van der Waals surface area contributed by atoms with Gasteiger partial charge in [-0.3, -0.25) is 4.79 Å². The lowest BCUT2D eigenvalue weighted by Crippen LogP contribution is -2.42. The summed E-state index contributed by atoms with van der Waals surface area (Å²) in [5.74, 6) is 0.933. The van der Waals surface area contributed by atoms with E-state index in [1.54, 1.807) is 0 Å². The van der Waals surface area contributed by atoms with Crippen LogP contribution in [-0.4, -0.2) is 30.3 Å². The minimum Gasteiger partial charge on any atom is -0.493 e. The van der Waals surface area contributed by atoms with Crippen molar-refractivity contribution in [1.29, 1.82) is 0 Å². The Kier molecular flexibility index (Phi) is 4.99. The van der Waals surface area contributed by atoms with Gasteiger partial charge in [-0.2, -0.15) is 0 Å². The largest absolute Gasteiger partial charge is 0.493 e. The standard InChI is InChI=1S/C21H22FNO4/c22-16-2-4-18(5-3-16)27-12-20(25)23-21(15-10-17(24)11-15)14-1-6-19-13(9-14)7-8-26-19/h1-6,9,15,17,21,24H,7-8,10-12H2,(H,23,25)/t15?,17?,21-/m0/s1. The van der Waals surface area contributed by atoms with Crippen molar-refractivity contribution in [3.8, 4) is 11.5 Å². The predicted molar refractivity (Wildman–Crippen MR) is 97.2 cm³/mol. The number of amides is 1. The molecule has 1 aliphatic heterocycles. The predicted octanol–water partition coefficient (Wildman–Crippen LogP) is 2.77. The number of carbonyl (C=O) groups is 1. The van der Waals surface area contributed by atoms with Crippen molar-refractivity contribution in [1.82, 2.24) is 5.32 Å². The summed E-state index contributed by atoms with van der Waals surface area (Å²) >= 11 is 0. The zero-order valence-corrected chi connectivity index (χ0v) is 14.9. The highest BCUT2D eigenvalue weighted by Crippen LogP contribution is 2.39. The van der Waals surface area contributed by atoms with Crippen molar-refractivity contribution >= 4 is 5.91 Å². The number of benzene rings is 2. The van der Waals surface area contributed by atoms with Crippen molar-refractivity contribution in [2.24, 2.45) is 5.92 Å². The van der Waals surface area contributed by atoms with E-state index in [0.29, 0.717) is 25.2 Å². The van der Waals surface area contributed by atoms with Gasteiger partial charge in [0.1, 0.15) is 17.3 Å². The van der Waals surface area contributed by atoms with Gasteiger partial charge in [0, 0.05) is 6.42 Å². The minimum absolute atomic E-state index is 0.147. The second-order valence-corrected chi connectivity index (χ2v) is 7.14. The van der Waals surface area contributed by atoms with Crippen LogP contribution in [0.1, 0.15) is 30.0 Å². The van der Waals surface area contributed by atoms with Crippen LogP contribution >= 0.6 is 0 Å². The molecule has 27 heavy (non-hydrogen) atoms. The lowest BCUT2D eigenvalue weighted by molar-refractivity contribution is -0.125. The number of halogens is 1. The third-order valence-electron chi connectivity index (χ3n) is 5.19. The Hall–Kier alpha value is -2.60. The Morgan fingerprint density at radius 2 is 2.04 bits per heavy atom. The molecule has 1 saturated carbocycles. The molecule has 6 heteroatoms. The Balaban J connectivity index is 1.43. The monoisotopic (exact) mass is 371 g/mol. The van der Waals surface area contributed by atoms with Gasteiger partial charge in [0.2, 0.25) is 0 Å². The molecule has 2 aliphatic rings. The quantitative estimate of drug-likeness (QED) is 0.819. The summed E-state index contributed by atoms with van der Waals surface area (Å²) in [5.41, 5.74) is 2.17. The van der Waals surface area contributed by atoms with Crippen LogP contribution in [0.2, 0.25) is 0 Å². The summed E-state index contributed by atoms with van der Waals surface area (Å²) in [4.78, 5) is 12.4. The average molecular weight is 371 g/mol. The third kappa shape index (κ3) is 4.06. The number of aliphatic hydroxyl groups is 1. The second-order valence-electron chi connectivity index (χ2n) is 7.14. The van der Waals surface area contributed by atoms with E-state index in [-0.39, 0.29) is 36.4 Å². The van der Waals surface area contributed by atoms with E-state index in [1.165, 1.54) is 24.3 Å². The molecule has 1 aliphatic carbocycles. The SMILES string of the molecule is O=C(COc1ccc(F)cc1)N[C@@H](c1ccc2c(c1)CCO2)C1CC(O)C1. The van der Waals surface area contributed by atoms with E-state index in [9.17, 15) is 14.3 Å². The molecule has 1 fully saturated rings. The van der Waals surface area contributed by atoms with Gasteiger partial charge in [-0.25, -0.2) is 4.39 Å². The van der Waals surface area contributed by atoms with Crippen molar-refractivity contribution in [2.75, 3.05) is 13.2 Å². The fourth-order valence-electron chi connectivity index (χ4n) is 3.67. The highest BCUT2D eigenvalue weighted by atomic mass is 19.1. The first kappa shape index (κ1) is 17.8. The lowest BCUT2D eigenvalue weighted by Gasteiger charge is -2.38. The van der Waals surface area contributed by atoms with E-state index >= 15 is 0 Å². The highest BCUT2D eigenvalue weighted by Gasteiger charge is 2.36. The van der Waals surface area contributed by atoms with Gasteiger partial charge < -0.3 is 19.9 Å². The van der Waals surface area contributed by atoms with Crippen LogP contribution in [0.3, 0.4) is 0 Å². The summed E-state index contributed by atoms with van der Waals surface area (Å²) < 4.78 is 23.9. The van der Waals surface area contributed by atoms with Crippen molar-refractivity contribution in [3.05, 3.63) is 59.4 Å². The van der Waals surface area contributed by atoms with E-state index in [1.807, 2.05) is 12.1 Å². The fourth-order valence-corrected chi connectivity index (χ4v) is 3.67. The number of nitrogens with one attached hydrogen (secondary N) is 1. The van der Waals surface area contributed by atoms with Gasteiger partial charge in [-0.05, 0) is 66.3 Å². The van der Waals surface area contributed by atoms with Gasteiger partial charge in [0.25, 0.3) is 5.91 Å². The molecular weight excluding hydrogens is 349 g/mol. The molecule has 0 radical (unpaired) electrons. The van der Waals surface area contributed by atoms with Crippen LogP contribution in [0, 0.1) is 11.7 Å². The van der Waals surface area contributed by atoms with E-state index in [4.69, 9.17) is 9.47 Å². The maximum Gasteiger partial charge on any atom is 0.258 e. The summed E-state index contributed by atoms with van der Waals surface area (Å²) in [6.45, 7) is 0.537. The molecule has 4 rings (SSSR count). The lowest BCUT2D eigenvalue weighted by atomic mass is 9.75. The first-order valence-corrected chi connectivity index (χ1v) is 9.20. The van der Waals surface area contributed by atoms with Crippen LogP contribution in [-0.2, 0) is 11.2 Å². The molecule has 2 aromatic carbocycles. The molecule has 0 bridgehead atoms. The number of hydrogen-bond acceptors (Lipinski definition) is 4. The fraction of sp³-hybridized carbons (Fsp3) is 0.381. The number of fused-ring (bicyclic) bond motifs is 1. The first-order chi connectivity index (χ1) is 13.1. The molecule has 2 N–H and O–H groups in total. The molecular formula is C21H22FNO4. The number of hydrogen-bond donors (Lipinski definition) is 2. The van der Waals surface area contributed by atoms with Crippen LogP contribution in [0.15, 0.2) is 42.5 Å². The van der Waals surface area contributed by atoms with Crippen molar-refractivity contribution in [2.45, 2.75) is 31.4 Å². The average Bonchev–Trinajstić information content (AvgIpc) is 3.11. The Morgan fingerprint density at radius 1 is 1.26 bits per heavy atom. The summed E-state index contributed by atoms with van der Waals surface area (Å²) in [5, 5.41) is 12.7. The number of carbonyl (C=O) groups excluding carboxylic acids is 1. The first-order valence-electron chi connectivity index (χ1n) is 9.20. The van der Waals surface area contributed by atoms with Gasteiger partial charge in [0.15, 0.2) is 6.61 Å². The zero-order valence-electron chi connectivity index (χ0n) is 14.9. The molecule has 5 nitrogen and oxygen atoms in total. The molecule has 1 atom stereocenters. The third-order valence-corrected chi connectivity index (χ3v) is 5.19. The molecule has 0 spiro atoms. The highest BCUT2D eigenvalue weighted by molar-refractivity contribution is 5.78. The normalized spacial score (nSPS) is 21.6. The van der Waals surface area contributed by atoms with Crippen LogP contribution in [0.5, 0.6) is 11.5 Å². The number of rotatable bonds is 6.